The molecule has 0 heterocycles. The maximum Gasteiger partial charge on any atom is 0.325 e. The number of aliphatic carboxylic acids is 1. The maximum absolute atomic E-state index is 11.8. The van der Waals surface area contributed by atoms with Crippen molar-refractivity contribution >= 4 is 27.8 Å². The van der Waals surface area contributed by atoms with Crippen LogP contribution in [0.2, 0.25) is 0 Å². The van der Waals surface area contributed by atoms with E-state index in [0.29, 0.717) is 0 Å². The normalized spacial score (nSPS) is 13.8. The van der Waals surface area contributed by atoms with Crippen LogP contribution in [-0.2, 0) is 9.59 Å². The van der Waals surface area contributed by atoms with Crippen LogP contribution in [0.1, 0.15) is 25.3 Å². The Labute approximate surface area is 108 Å². The van der Waals surface area contributed by atoms with E-state index in [-0.39, 0.29) is 11.8 Å². The third-order valence-electron chi connectivity index (χ3n) is 2.49. The predicted octanol–water partition coefficient (Wildman–Crippen LogP) is 2.14. The molecule has 0 aromatic heterocycles. The van der Waals surface area contributed by atoms with Gasteiger partial charge in [-0.3, -0.25) is 9.59 Å². The fraction of sp³-hybridized carbons (Fsp3) is 0.333. The van der Waals surface area contributed by atoms with Crippen LogP contribution >= 0.6 is 15.9 Å². The summed E-state index contributed by atoms with van der Waals surface area (Å²) >= 11 is 3.31. The maximum atomic E-state index is 11.8. The van der Waals surface area contributed by atoms with Gasteiger partial charge in [0, 0.05) is 4.47 Å². The van der Waals surface area contributed by atoms with Gasteiger partial charge in [0.1, 0.15) is 6.04 Å². The lowest BCUT2D eigenvalue weighted by Crippen LogP contribution is -2.40. The molecule has 1 aromatic carbocycles. The van der Waals surface area contributed by atoms with Gasteiger partial charge in [-0.1, -0.05) is 28.1 Å². The summed E-state index contributed by atoms with van der Waals surface area (Å²) < 4.78 is 0.938. The Bertz CT molecular complexity index is 416. The van der Waals surface area contributed by atoms with E-state index in [4.69, 9.17) is 5.11 Å². The second-order valence-corrected chi connectivity index (χ2v) is 4.76. The Kier molecular flexibility index (Phi) is 4.69. The van der Waals surface area contributed by atoms with Gasteiger partial charge in [-0.25, -0.2) is 0 Å². The lowest BCUT2D eigenvalue weighted by molar-refractivity contribution is -0.141. The molecule has 0 saturated carbocycles. The average Bonchev–Trinajstić information content (AvgIpc) is 2.28. The first-order valence-electron chi connectivity index (χ1n) is 5.20. The predicted molar refractivity (Wildman–Crippen MR) is 67.8 cm³/mol. The number of carbonyl (C=O) groups excluding carboxylic acids is 1. The molecule has 0 aliphatic heterocycles. The molecule has 0 aliphatic rings. The number of benzene rings is 1. The summed E-state index contributed by atoms with van der Waals surface area (Å²) in [7, 11) is 0. The van der Waals surface area contributed by atoms with Crippen molar-refractivity contribution in [1.82, 2.24) is 5.32 Å². The standard InChI is InChI=1S/C12H14BrNO3/c1-7(9-3-5-10(13)6-4-9)11(15)14-8(2)12(16)17/h3-8H,1-2H3,(H,14,15)(H,16,17)/t7?,8-/m0/s1. The van der Waals surface area contributed by atoms with Gasteiger partial charge in [-0.15, -0.1) is 0 Å². The quantitative estimate of drug-likeness (QED) is 0.895. The summed E-state index contributed by atoms with van der Waals surface area (Å²) in [6.45, 7) is 3.18. The Morgan fingerprint density at radius 2 is 1.76 bits per heavy atom. The van der Waals surface area contributed by atoms with Crippen molar-refractivity contribution in [3.05, 3.63) is 34.3 Å². The van der Waals surface area contributed by atoms with Gasteiger partial charge in [0.25, 0.3) is 0 Å². The van der Waals surface area contributed by atoms with E-state index < -0.39 is 12.0 Å². The minimum atomic E-state index is -1.04. The summed E-state index contributed by atoms with van der Waals surface area (Å²) in [5.74, 6) is -1.70. The van der Waals surface area contributed by atoms with E-state index in [1.54, 1.807) is 6.92 Å². The molecule has 2 N–H and O–H groups in total. The number of hydrogen-bond donors (Lipinski definition) is 2. The van der Waals surface area contributed by atoms with Crippen LogP contribution in [0, 0.1) is 0 Å². The first kappa shape index (κ1) is 13.7. The summed E-state index contributed by atoms with van der Waals surface area (Å²) in [5.41, 5.74) is 0.850. The molecule has 1 unspecified atom stereocenters. The van der Waals surface area contributed by atoms with Crippen molar-refractivity contribution < 1.29 is 14.7 Å². The zero-order valence-corrected chi connectivity index (χ0v) is 11.2. The molecule has 0 bridgehead atoms. The number of carboxylic acids is 1. The molecule has 0 radical (unpaired) electrons. The van der Waals surface area contributed by atoms with Gasteiger partial charge < -0.3 is 10.4 Å². The van der Waals surface area contributed by atoms with Gasteiger partial charge in [0.05, 0.1) is 5.92 Å². The first-order valence-corrected chi connectivity index (χ1v) is 5.99. The molecule has 17 heavy (non-hydrogen) atoms. The molecular formula is C12H14BrNO3. The lowest BCUT2D eigenvalue weighted by Gasteiger charge is -2.15. The average molecular weight is 300 g/mol. The number of amides is 1. The van der Waals surface area contributed by atoms with Gasteiger partial charge >= 0.3 is 5.97 Å². The van der Waals surface area contributed by atoms with Crippen molar-refractivity contribution in [3.63, 3.8) is 0 Å². The number of carboxylic acid groups (broad SMARTS) is 1. The molecule has 0 spiro atoms. The summed E-state index contributed by atoms with van der Waals surface area (Å²) in [5, 5.41) is 11.1. The highest BCUT2D eigenvalue weighted by atomic mass is 79.9. The van der Waals surface area contributed by atoms with E-state index in [1.807, 2.05) is 24.3 Å². The summed E-state index contributed by atoms with van der Waals surface area (Å²) in [6.07, 6.45) is 0. The van der Waals surface area contributed by atoms with E-state index in [2.05, 4.69) is 21.2 Å². The third kappa shape index (κ3) is 3.85. The number of nitrogens with one attached hydrogen (secondary N) is 1. The number of carbonyl (C=O) groups is 2. The van der Waals surface area contributed by atoms with Gasteiger partial charge in [0.15, 0.2) is 0 Å². The van der Waals surface area contributed by atoms with Gasteiger partial charge in [0.2, 0.25) is 5.91 Å². The SMILES string of the molecule is CC(C(=O)N[C@@H](C)C(=O)O)c1ccc(Br)cc1. The molecular weight excluding hydrogens is 286 g/mol. The first-order chi connectivity index (χ1) is 7.91. The van der Waals surface area contributed by atoms with E-state index in [0.717, 1.165) is 10.0 Å². The van der Waals surface area contributed by atoms with Crippen LogP contribution in [0.25, 0.3) is 0 Å². The highest BCUT2D eigenvalue weighted by Crippen LogP contribution is 2.18. The fourth-order valence-corrected chi connectivity index (χ4v) is 1.57. The highest BCUT2D eigenvalue weighted by molar-refractivity contribution is 9.10. The fourth-order valence-electron chi connectivity index (χ4n) is 1.30. The Hall–Kier alpha value is -1.36. The molecule has 0 aliphatic carbocycles. The highest BCUT2D eigenvalue weighted by Gasteiger charge is 2.19. The zero-order valence-electron chi connectivity index (χ0n) is 9.61. The Balaban J connectivity index is 2.70. The minimum Gasteiger partial charge on any atom is -0.480 e. The van der Waals surface area contributed by atoms with Crippen molar-refractivity contribution in [2.24, 2.45) is 0 Å². The molecule has 1 amide bonds. The molecule has 5 heteroatoms. The Morgan fingerprint density at radius 1 is 1.24 bits per heavy atom. The molecule has 0 saturated heterocycles. The summed E-state index contributed by atoms with van der Waals surface area (Å²) in [6, 6.07) is 6.49. The van der Waals surface area contributed by atoms with Crippen LogP contribution in [0.5, 0.6) is 0 Å². The van der Waals surface area contributed by atoms with Crippen LogP contribution in [0.15, 0.2) is 28.7 Å². The third-order valence-corrected chi connectivity index (χ3v) is 3.02. The molecule has 4 nitrogen and oxygen atoms in total. The largest absolute Gasteiger partial charge is 0.480 e. The van der Waals surface area contributed by atoms with Crippen LogP contribution in [0.4, 0.5) is 0 Å². The van der Waals surface area contributed by atoms with Gasteiger partial charge in [-0.05, 0) is 31.5 Å². The van der Waals surface area contributed by atoms with Crippen LogP contribution < -0.4 is 5.32 Å². The van der Waals surface area contributed by atoms with Crippen LogP contribution in [-0.4, -0.2) is 23.0 Å². The van der Waals surface area contributed by atoms with Crippen molar-refractivity contribution in [3.8, 4) is 0 Å². The van der Waals surface area contributed by atoms with Crippen LogP contribution in [0.3, 0.4) is 0 Å². The number of halogens is 1. The smallest absolute Gasteiger partial charge is 0.325 e. The Morgan fingerprint density at radius 3 is 2.24 bits per heavy atom. The summed E-state index contributed by atoms with van der Waals surface area (Å²) in [4.78, 5) is 22.4. The van der Waals surface area contributed by atoms with Gasteiger partial charge in [-0.2, -0.15) is 0 Å². The van der Waals surface area contributed by atoms with Crippen molar-refractivity contribution in [2.45, 2.75) is 25.8 Å². The second kappa shape index (κ2) is 5.82. The number of hydrogen-bond acceptors (Lipinski definition) is 2. The second-order valence-electron chi connectivity index (χ2n) is 3.84. The minimum absolute atomic E-state index is 0.290. The van der Waals surface area contributed by atoms with Crippen molar-refractivity contribution in [2.75, 3.05) is 0 Å². The monoisotopic (exact) mass is 299 g/mol. The molecule has 1 aromatic rings. The molecule has 1 rings (SSSR count). The number of rotatable bonds is 4. The zero-order chi connectivity index (χ0) is 13.0. The van der Waals surface area contributed by atoms with E-state index in [9.17, 15) is 9.59 Å². The lowest BCUT2D eigenvalue weighted by atomic mass is 10.0. The van der Waals surface area contributed by atoms with Crippen molar-refractivity contribution in [1.29, 1.82) is 0 Å². The molecule has 92 valence electrons. The van der Waals surface area contributed by atoms with E-state index in [1.165, 1.54) is 6.92 Å². The van der Waals surface area contributed by atoms with E-state index >= 15 is 0 Å². The topological polar surface area (TPSA) is 66.4 Å². The molecule has 2 atom stereocenters. The molecule has 0 fully saturated rings.